The number of nitrogens with one attached hydrogen (secondary N) is 2. The molecule has 0 spiro atoms. The lowest BCUT2D eigenvalue weighted by atomic mass is 10.2. The van der Waals surface area contributed by atoms with Gasteiger partial charge in [-0.1, -0.05) is 0 Å². The fraction of sp³-hybridized carbons (Fsp3) is 0.462. The number of non-ortho nitro benzene ring substituents is 1. The summed E-state index contributed by atoms with van der Waals surface area (Å²) in [5.41, 5.74) is 6.68. The van der Waals surface area contributed by atoms with Gasteiger partial charge in [-0.05, 0) is 25.3 Å². The number of hydrogen-bond acceptors (Lipinski definition) is 5. The predicted octanol–water partition coefficient (Wildman–Crippen LogP) is 1.65. The van der Waals surface area contributed by atoms with Crippen molar-refractivity contribution in [3.05, 3.63) is 28.3 Å². The van der Waals surface area contributed by atoms with Gasteiger partial charge in [0.1, 0.15) is 0 Å². The van der Waals surface area contributed by atoms with E-state index in [2.05, 4.69) is 10.6 Å². The molecule has 0 aromatic heterocycles. The van der Waals surface area contributed by atoms with Crippen LogP contribution in [-0.2, 0) is 4.79 Å². The van der Waals surface area contributed by atoms with Crippen LogP contribution >= 0.6 is 0 Å². The van der Waals surface area contributed by atoms with Gasteiger partial charge in [-0.2, -0.15) is 0 Å². The van der Waals surface area contributed by atoms with E-state index in [9.17, 15) is 14.9 Å². The summed E-state index contributed by atoms with van der Waals surface area (Å²) in [6.45, 7) is 0.597. The highest BCUT2D eigenvalue weighted by molar-refractivity contribution is 5.76. The number of rotatable bonds is 7. The molecule has 4 N–H and O–H groups in total. The molecule has 0 radical (unpaired) electrons. The Morgan fingerprint density at radius 1 is 1.45 bits per heavy atom. The number of nitro groups is 1. The maximum absolute atomic E-state index is 11.5. The van der Waals surface area contributed by atoms with Crippen LogP contribution in [0, 0.1) is 10.1 Å². The van der Waals surface area contributed by atoms with Crippen molar-refractivity contribution in [2.24, 2.45) is 0 Å². The minimum Gasteiger partial charge on any atom is -0.397 e. The number of carbonyl (C=O) groups is 1. The molecule has 0 aliphatic heterocycles. The summed E-state index contributed by atoms with van der Waals surface area (Å²) in [6.07, 6.45) is 3.33. The lowest BCUT2D eigenvalue weighted by molar-refractivity contribution is -0.384. The van der Waals surface area contributed by atoms with Crippen LogP contribution < -0.4 is 16.4 Å². The number of hydrogen-bond donors (Lipinski definition) is 3. The van der Waals surface area contributed by atoms with Crippen LogP contribution in [0.15, 0.2) is 18.2 Å². The van der Waals surface area contributed by atoms with Gasteiger partial charge < -0.3 is 16.4 Å². The molecule has 0 heterocycles. The standard InChI is InChI=1S/C13H18N4O3/c14-11-8-10(17(19)20)5-6-12(11)15-7-1-2-13(18)16-9-3-4-9/h5-6,8-9,15H,1-4,7,14H2,(H,16,18). The molecule has 20 heavy (non-hydrogen) atoms. The van der Waals surface area contributed by atoms with Crippen molar-refractivity contribution in [3.8, 4) is 0 Å². The van der Waals surface area contributed by atoms with Gasteiger partial charge in [-0.15, -0.1) is 0 Å². The lowest BCUT2D eigenvalue weighted by Crippen LogP contribution is -2.25. The van der Waals surface area contributed by atoms with E-state index in [1.807, 2.05) is 0 Å². The monoisotopic (exact) mass is 278 g/mol. The average molecular weight is 278 g/mol. The molecule has 2 rings (SSSR count). The van der Waals surface area contributed by atoms with Crippen LogP contribution in [0.25, 0.3) is 0 Å². The van der Waals surface area contributed by atoms with Gasteiger partial charge in [0.2, 0.25) is 5.91 Å². The Morgan fingerprint density at radius 3 is 2.80 bits per heavy atom. The van der Waals surface area contributed by atoms with Gasteiger partial charge in [0.15, 0.2) is 0 Å². The number of anilines is 2. The third-order valence-corrected chi connectivity index (χ3v) is 3.08. The molecular formula is C13H18N4O3. The number of nitrogens with two attached hydrogens (primary N) is 1. The van der Waals surface area contributed by atoms with Crippen molar-refractivity contribution in [2.45, 2.75) is 31.7 Å². The van der Waals surface area contributed by atoms with Crippen molar-refractivity contribution < 1.29 is 9.72 Å². The van der Waals surface area contributed by atoms with Crippen molar-refractivity contribution in [1.29, 1.82) is 0 Å². The zero-order valence-electron chi connectivity index (χ0n) is 11.1. The highest BCUT2D eigenvalue weighted by atomic mass is 16.6. The van der Waals surface area contributed by atoms with Crippen molar-refractivity contribution in [3.63, 3.8) is 0 Å². The van der Waals surface area contributed by atoms with Gasteiger partial charge >= 0.3 is 0 Å². The first-order valence-electron chi connectivity index (χ1n) is 6.63. The number of benzene rings is 1. The Balaban J connectivity index is 1.73. The first-order chi connectivity index (χ1) is 9.56. The zero-order chi connectivity index (χ0) is 14.5. The molecule has 1 aliphatic rings. The first-order valence-corrected chi connectivity index (χ1v) is 6.63. The Bertz CT molecular complexity index is 514. The Kier molecular flexibility index (Phi) is 4.39. The van der Waals surface area contributed by atoms with E-state index >= 15 is 0 Å². The second-order valence-corrected chi connectivity index (χ2v) is 4.90. The zero-order valence-corrected chi connectivity index (χ0v) is 11.1. The van der Waals surface area contributed by atoms with Crippen LogP contribution in [0.3, 0.4) is 0 Å². The number of nitrogens with zero attached hydrogens (tertiary/aromatic N) is 1. The quantitative estimate of drug-likeness (QED) is 0.304. The molecule has 1 fully saturated rings. The topological polar surface area (TPSA) is 110 Å². The normalized spacial score (nSPS) is 13.8. The Labute approximate surface area is 116 Å². The summed E-state index contributed by atoms with van der Waals surface area (Å²) in [5, 5.41) is 16.6. The molecule has 108 valence electrons. The molecule has 1 saturated carbocycles. The summed E-state index contributed by atoms with van der Waals surface area (Å²) in [5.74, 6) is 0.0750. The van der Waals surface area contributed by atoms with Crippen LogP contribution in [0.2, 0.25) is 0 Å². The van der Waals surface area contributed by atoms with Crippen LogP contribution in [-0.4, -0.2) is 23.4 Å². The molecular weight excluding hydrogens is 260 g/mol. The predicted molar refractivity (Wildman–Crippen MR) is 76.4 cm³/mol. The van der Waals surface area contributed by atoms with Crippen LogP contribution in [0.4, 0.5) is 17.1 Å². The molecule has 0 unspecified atom stereocenters. The summed E-state index contributed by atoms with van der Waals surface area (Å²) in [4.78, 5) is 21.5. The molecule has 0 saturated heterocycles. The molecule has 1 aliphatic carbocycles. The molecule has 1 amide bonds. The van der Waals surface area contributed by atoms with E-state index in [1.165, 1.54) is 12.1 Å². The third-order valence-electron chi connectivity index (χ3n) is 3.08. The fourth-order valence-corrected chi connectivity index (χ4v) is 1.82. The third kappa shape index (κ3) is 4.11. The minimum atomic E-state index is -0.484. The summed E-state index contributed by atoms with van der Waals surface area (Å²) >= 11 is 0. The minimum absolute atomic E-state index is 0.0307. The van der Waals surface area contributed by atoms with E-state index in [0.29, 0.717) is 36.8 Å². The summed E-state index contributed by atoms with van der Waals surface area (Å²) in [6, 6.07) is 4.69. The highest BCUT2D eigenvalue weighted by Crippen LogP contribution is 2.24. The molecule has 0 bridgehead atoms. The van der Waals surface area contributed by atoms with Gasteiger partial charge in [-0.25, -0.2) is 0 Å². The van der Waals surface area contributed by atoms with Gasteiger partial charge in [0, 0.05) is 31.1 Å². The van der Waals surface area contributed by atoms with Crippen molar-refractivity contribution in [1.82, 2.24) is 5.32 Å². The van der Waals surface area contributed by atoms with E-state index in [4.69, 9.17) is 5.73 Å². The molecule has 0 atom stereocenters. The first kappa shape index (κ1) is 14.1. The largest absolute Gasteiger partial charge is 0.397 e. The van der Waals surface area contributed by atoms with Gasteiger partial charge in [0.05, 0.1) is 16.3 Å². The van der Waals surface area contributed by atoms with Gasteiger partial charge in [-0.3, -0.25) is 14.9 Å². The average Bonchev–Trinajstić information content (AvgIpc) is 3.19. The summed E-state index contributed by atoms with van der Waals surface area (Å²) < 4.78 is 0. The van der Waals surface area contributed by atoms with Gasteiger partial charge in [0.25, 0.3) is 5.69 Å². The number of carbonyl (C=O) groups excluding carboxylic acids is 1. The molecule has 1 aromatic rings. The number of nitrogen functional groups attached to an aromatic ring is 1. The number of amides is 1. The van der Waals surface area contributed by atoms with E-state index in [1.54, 1.807) is 6.07 Å². The Hall–Kier alpha value is -2.31. The Morgan fingerprint density at radius 2 is 2.20 bits per heavy atom. The summed E-state index contributed by atoms with van der Waals surface area (Å²) in [7, 11) is 0. The SMILES string of the molecule is Nc1cc([N+](=O)[O-])ccc1NCCCC(=O)NC1CC1. The van der Waals surface area contributed by atoms with E-state index in [-0.39, 0.29) is 11.6 Å². The van der Waals surface area contributed by atoms with E-state index in [0.717, 1.165) is 12.8 Å². The van der Waals surface area contributed by atoms with Crippen molar-refractivity contribution in [2.75, 3.05) is 17.6 Å². The van der Waals surface area contributed by atoms with Crippen LogP contribution in [0.5, 0.6) is 0 Å². The van der Waals surface area contributed by atoms with Crippen LogP contribution in [0.1, 0.15) is 25.7 Å². The second kappa shape index (κ2) is 6.23. The second-order valence-electron chi connectivity index (χ2n) is 4.90. The van der Waals surface area contributed by atoms with E-state index < -0.39 is 4.92 Å². The molecule has 1 aromatic carbocycles. The maximum atomic E-state index is 11.5. The smallest absolute Gasteiger partial charge is 0.271 e. The highest BCUT2D eigenvalue weighted by Gasteiger charge is 2.22. The fourth-order valence-electron chi connectivity index (χ4n) is 1.82. The van der Waals surface area contributed by atoms with Crippen molar-refractivity contribution >= 4 is 23.0 Å². The number of nitro benzene ring substituents is 1. The lowest BCUT2D eigenvalue weighted by Gasteiger charge is -2.09. The molecule has 7 nitrogen and oxygen atoms in total. The molecule has 7 heteroatoms. The maximum Gasteiger partial charge on any atom is 0.271 e.